The number of rotatable bonds is 6. The molecular formula is C22H17FO2. The molecule has 0 aromatic heterocycles. The Morgan fingerprint density at radius 2 is 1.36 bits per heavy atom. The summed E-state index contributed by atoms with van der Waals surface area (Å²) in [6.45, 7) is 0. The zero-order chi connectivity index (χ0) is 17.6. The van der Waals surface area contributed by atoms with E-state index in [-0.39, 0.29) is 23.6 Å². The van der Waals surface area contributed by atoms with E-state index in [1.165, 1.54) is 18.2 Å². The average Bonchev–Trinajstić information content (AvgIpc) is 2.67. The molecule has 25 heavy (non-hydrogen) atoms. The summed E-state index contributed by atoms with van der Waals surface area (Å²) in [5.74, 6) is -1.43. The van der Waals surface area contributed by atoms with Gasteiger partial charge in [0.05, 0.1) is 5.92 Å². The molecule has 0 spiro atoms. The van der Waals surface area contributed by atoms with Gasteiger partial charge in [0.15, 0.2) is 11.6 Å². The van der Waals surface area contributed by atoms with Crippen LogP contribution in [0.25, 0.3) is 0 Å². The van der Waals surface area contributed by atoms with Crippen molar-refractivity contribution in [1.29, 1.82) is 0 Å². The van der Waals surface area contributed by atoms with Crippen molar-refractivity contribution >= 4 is 11.6 Å². The van der Waals surface area contributed by atoms with Crippen molar-refractivity contribution in [3.8, 4) is 0 Å². The molecule has 0 fully saturated rings. The van der Waals surface area contributed by atoms with Gasteiger partial charge in [0, 0.05) is 17.5 Å². The number of hydrogen-bond donors (Lipinski definition) is 0. The van der Waals surface area contributed by atoms with Crippen LogP contribution in [0.15, 0.2) is 84.9 Å². The fourth-order valence-corrected chi connectivity index (χ4v) is 2.82. The van der Waals surface area contributed by atoms with E-state index < -0.39 is 11.7 Å². The monoisotopic (exact) mass is 332 g/mol. The molecule has 0 heterocycles. The Hall–Kier alpha value is -3.07. The maximum absolute atomic E-state index is 13.4. The van der Waals surface area contributed by atoms with Crippen LogP contribution in [0.1, 0.15) is 38.6 Å². The minimum atomic E-state index is -0.598. The van der Waals surface area contributed by atoms with Crippen molar-refractivity contribution in [2.45, 2.75) is 12.3 Å². The van der Waals surface area contributed by atoms with Crippen LogP contribution in [-0.4, -0.2) is 11.6 Å². The smallest absolute Gasteiger partial charge is 0.170 e. The van der Waals surface area contributed by atoms with Crippen LogP contribution in [0.3, 0.4) is 0 Å². The highest BCUT2D eigenvalue weighted by Gasteiger charge is 2.25. The second kappa shape index (κ2) is 7.67. The van der Waals surface area contributed by atoms with Gasteiger partial charge in [0.1, 0.15) is 5.82 Å². The van der Waals surface area contributed by atoms with E-state index >= 15 is 0 Å². The molecule has 2 nitrogen and oxygen atoms in total. The number of benzene rings is 3. The van der Waals surface area contributed by atoms with Crippen molar-refractivity contribution < 1.29 is 14.0 Å². The summed E-state index contributed by atoms with van der Waals surface area (Å²) in [5, 5.41) is 0. The molecule has 0 saturated carbocycles. The normalized spacial score (nSPS) is 11.7. The van der Waals surface area contributed by atoms with Gasteiger partial charge in [-0.05, 0) is 17.7 Å². The highest BCUT2D eigenvalue weighted by Crippen LogP contribution is 2.26. The summed E-state index contributed by atoms with van der Waals surface area (Å²) < 4.78 is 13.4. The highest BCUT2D eigenvalue weighted by molar-refractivity contribution is 6.06. The number of carbonyl (C=O) groups excluding carboxylic acids is 2. The fraction of sp³-hybridized carbons (Fsp3) is 0.0909. The van der Waals surface area contributed by atoms with Crippen LogP contribution in [-0.2, 0) is 0 Å². The lowest BCUT2D eigenvalue weighted by Crippen LogP contribution is -2.17. The zero-order valence-corrected chi connectivity index (χ0v) is 13.6. The van der Waals surface area contributed by atoms with E-state index in [9.17, 15) is 14.0 Å². The predicted molar refractivity (Wildman–Crippen MR) is 95.3 cm³/mol. The molecule has 0 aliphatic rings. The fourth-order valence-electron chi connectivity index (χ4n) is 2.82. The van der Waals surface area contributed by atoms with Crippen LogP contribution in [0.4, 0.5) is 4.39 Å². The van der Waals surface area contributed by atoms with Crippen LogP contribution < -0.4 is 0 Å². The van der Waals surface area contributed by atoms with Crippen molar-refractivity contribution in [3.05, 3.63) is 107 Å². The Labute approximate surface area is 145 Å². The summed E-state index contributed by atoms with van der Waals surface area (Å²) in [4.78, 5) is 25.6. The molecule has 0 N–H and O–H groups in total. The Morgan fingerprint density at radius 1 is 0.760 bits per heavy atom. The van der Waals surface area contributed by atoms with Crippen molar-refractivity contribution in [2.75, 3.05) is 0 Å². The van der Waals surface area contributed by atoms with E-state index in [4.69, 9.17) is 0 Å². The Kier molecular flexibility index (Phi) is 5.14. The molecule has 3 aromatic rings. The van der Waals surface area contributed by atoms with E-state index in [1.807, 2.05) is 36.4 Å². The van der Waals surface area contributed by atoms with Crippen LogP contribution in [0.2, 0.25) is 0 Å². The Balaban J connectivity index is 1.92. The topological polar surface area (TPSA) is 34.1 Å². The third-order valence-electron chi connectivity index (χ3n) is 4.11. The van der Waals surface area contributed by atoms with Crippen LogP contribution in [0.5, 0.6) is 0 Å². The summed E-state index contributed by atoms with van der Waals surface area (Å²) in [6, 6.07) is 23.7. The third kappa shape index (κ3) is 4.07. The van der Waals surface area contributed by atoms with Gasteiger partial charge in [0.2, 0.25) is 0 Å². The van der Waals surface area contributed by atoms with Crippen LogP contribution >= 0.6 is 0 Å². The van der Waals surface area contributed by atoms with Gasteiger partial charge in [0.25, 0.3) is 0 Å². The first-order valence-corrected chi connectivity index (χ1v) is 8.08. The van der Waals surface area contributed by atoms with Crippen molar-refractivity contribution in [3.63, 3.8) is 0 Å². The highest BCUT2D eigenvalue weighted by atomic mass is 19.1. The summed E-state index contributed by atoms with van der Waals surface area (Å²) in [5.41, 5.74) is 1.62. The summed E-state index contributed by atoms with van der Waals surface area (Å²) in [7, 11) is 0. The molecule has 3 aromatic carbocycles. The lowest BCUT2D eigenvalue weighted by Gasteiger charge is -2.16. The quantitative estimate of drug-likeness (QED) is 0.591. The molecule has 1 atom stereocenters. The van der Waals surface area contributed by atoms with Gasteiger partial charge in [-0.1, -0.05) is 72.8 Å². The number of hydrogen-bond acceptors (Lipinski definition) is 2. The van der Waals surface area contributed by atoms with Crippen LogP contribution in [0, 0.1) is 5.82 Å². The van der Waals surface area contributed by atoms with E-state index in [2.05, 4.69) is 0 Å². The largest absolute Gasteiger partial charge is 0.294 e. The summed E-state index contributed by atoms with van der Waals surface area (Å²) in [6.07, 6.45) is 0.00118. The average molecular weight is 332 g/mol. The molecule has 0 aliphatic heterocycles. The van der Waals surface area contributed by atoms with Gasteiger partial charge in [-0.3, -0.25) is 9.59 Å². The van der Waals surface area contributed by atoms with Crippen molar-refractivity contribution in [2.24, 2.45) is 0 Å². The van der Waals surface area contributed by atoms with E-state index in [1.54, 1.807) is 30.3 Å². The van der Waals surface area contributed by atoms with Crippen molar-refractivity contribution in [1.82, 2.24) is 0 Å². The number of halogens is 1. The number of carbonyl (C=O) groups is 2. The lowest BCUT2D eigenvalue weighted by molar-refractivity contribution is 0.0893. The maximum atomic E-state index is 13.4. The molecule has 0 amide bonds. The molecule has 0 bridgehead atoms. The molecule has 0 aliphatic carbocycles. The first kappa shape index (κ1) is 16.8. The SMILES string of the molecule is O=C(CC(C(=O)c1ccccc1)c1ccccc1)c1cccc(F)c1. The summed E-state index contributed by atoms with van der Waals surface area (Å²) >= 11 is 0. The third-order valence-corrected chi connectivity index (χ3v) is 4.11. The predicted octanol–water partition coefficient (Wildman–Crippen LogP) is 5.07. The standard InChI is InChI=1S/C22H17FO2/c23-19-13-7-12-18(14-19)21(24)15-20(16-8-3-1-4-9-16)22(25)17-10-5-2-6-11-17/h1-14,20H,15H2. The molecule has 0 radical (unpaired) electrons. The van der Waals surface area contributed by atoms with Gasteiger partial charge in [-0.15, -0.1) is 0 Å². The van der Waals surface area contributed by atoms with E-state index in [0.29, 0.717) is 5.56 Å². The molecule has 3 heteroatoms. The van der Waals surface area contributed by atoms with Gasteiger partial charge < -0.3 is 0 Å². The minimum Gasteiger partial charge on any atom is -0.294 e. The first-order chi connectivity index (χ1) is 12.1. The van der Waals surface area contributed by atoms with Gasteiger partial charge in [-0.2, -0.15) is 0 Å². The molecule has 124 valence electrons. The molecule has 3 rings (SSSR count). The number of ketones is 2. The molecular weight excluding hydrogens is 315 g/mol. The minimum absolute atomic E-state index is 0.00118. The zero-order valence-electron chi connectivity index (χ0n) is 13.6. The van der Waals surface area contributed by atoms with Gasteiger partial charge in [-0.25, -0.2) is 4.39 Å². The second-order valence-corrected chi connectivity index (χ2v) is 5.83. The Bertz CT molecular complexity index is 873. The van der Waals surface area contributed by atoms with E-state index in [0.717, 1.165) is 5.56 Å². The van der Waals surface area contributed by atoms with Gasteiger partial charge >= 0.3 is 0 Å². The maximum Gasteiger partial charge on any atom is 0.170 e. The first-order valence-electron chi connectivity index (χ1n) is 8.08. The molecule has 1 unspecified atom stereocenters. The lowest BCUT2D eigenvalue weighted by atomic mass is 9.85. The number of Topliss-reactive ketones (excluding diaryl/α,β-unsaturated/α-hetero) is 2. The molecule has 0 saturated heterocycles. The second-order valence-electron chi connectivity index (χ2n) is 5.83. The Morgan fingerprint density at radius 3 is 2.00 bits per heavy atom.